The van der Waals surface area contributed by atoms with Crippen LogP contribution >= 0.6 is 0 Å². The first kappa shape index (κ1) is 17.3. The molecule has 0 atom stereocenters. The van der Waals surface area contributed by atoms with Gasteiger partial charge in [-0.15, -0.1) is 0 Å². The van der Waals surface area contributed by atoms with E-state index in [9.17, 15) is 4.79 Å². The number of benzene rings is 4. The molecule has 0 aromatic heterocycles. The summed E-state index contributed by atoms with van der Waals surface area (Å²) in [5.74, 6) is -0.0382. The molecule has 0 fully saturated rings. The molecule has 1 amide bonds. The van der Waals surface area contributed by atoms with Crippen LogP contribution in [-0.2, 0) is 0 Å². The van der Waals surface area contributed by atoms with Gasteiger partial charge in [0.05, 0.1) is 0 Å². The van der Waals surface area contributed by atoms with Crippen LogP contribution in [0, 0.1) is 0 Å². The predicted octanol–water partition coefficient (Wildman–Crippen LogP) is 6.19. The van der Waals surface area contributed by atoms with Crippen LogP contribution in [0.3, 0.4) is 0 Å². The van der Waals surface area contributed by atoms with Crippen molar-refractivity contribution in [1.82, 2.24) is 5.32 Å². The molecular weight excluding hydrogens is 330 g/mol. The average molecular weight is 353 g/mol. The van der Waals surface area contributed by atoms with Crippen LogP contribution in [0.4, 0.5) is 0 Å². The Morgan fingerprint density at radius 1 is 0.704 bits per heavy atom. The zero-order chi connectivity index (χ0) is 19.0. The molecule has 0 bridgehead atoms. The first-order valence-corrected chi connectivity index (χ1v) is 9.25. The number of rotatable bonds is 2. The number of fused-ring (bicyclic) bond motifs is 2. The van der Waals surface area contributed by atoms with Crippen molar-refractivity contribution in [3.63, 3.8) is 0 Å². The lowest BCUT2D eigenvalue weighted by molar-refractivity contribution is 0.0921. The number of hydrogen-bond acceptors (Lipinski definition) is 1. The Labute approximate surface area is 159 Å². The van der Waals surface area contributed by atoms with Crippen molar-refractivity contribution < 1.29 is 4.79 Å². The van der Waals surface area contributed by atoms with E-state index in [2.05, 4.69) is 66.0 Å². The quantitative estimate of drug-likeness (QED) is 0.457. The van der Waals surface area contributed by atoms with Crippen LogP contribution in [0.2, 0.25) is 0 Å². The van der Waals surface area contributed by atoms with Crippen LogP contribution < -0.4 is 5.32 Å². The molecule has 2 heteroatoms. The molecule has 0 saturated heterocycles. The van der Waals surface area contributed by atoms with E-state index in [0.29, 0.717) is 5.56 Å². The van der Waals surface area contributed by atoms with Crippen LogP contribution in [0.5, 0.6) is 0 Å². The minimum absolute atomic E-state index is 0.0382. The number of nitrogens with one attached hydrogen (secondary N) is 1. The van der Waals surface area contributed by atoms with Gasteiger partial charge < -0.3 is 5.32 Å². The molecule has 0 unspecified atom stereocenters. The lowest BCUT2D eigenvalue weighted by Gasteiger charge is -2.21. The zero-order valence-corrected chi connectivity index (χ0v) is 15.9. The first-order valence-electron chi connectivity index (χ1n) is 9.25. The number of hydrogen-bond donors (Lipinski definition) is 1. The molecule has 4 aromatic rings. The molecular formula is C25H23NO. The van der Waals surface area contributed by atoms with Gasteiger partial charge in [-0.25, -0.2) is 0 Å². The third-order valence-corrected chi connectivity index (χ3v) is 4.70. The maximum absolute atomic E-state index is 12.8. The molecule has 0 saturated carbocycles. The highest BCUT2D eigenvalue weighted by atomic mass is 16.1. The van der Waals surface area contributed by atoms with Gasteiger partial charge in [-0.2, -0.15) is 0 Å². The molecule has 27 heavy (non-hydrogen) atoms. The molecule has 0 heterocycles. The summed E-state index contributed by atoms with van der Waals surface area (Å²) >= 11 is 0. The van der Waals surface area contributed by atoms with Gasteiger partial charge in [0.1, 0.15) is 0 Å². The number of carbonyl (C=O) groups excluding carboxylic acids is 1. The van der Waals surface area contributed by atoms with Gasteiger partial charge in [-0.3, -0.25) is 4.79 Å². The van der Waals surface area contributed by atoms with E-state index in [4.69, 9.17) is 0 Å². The molecule has 0 spiro atoms. The van der Waals surface area contributed by atoms with Crippen LogP contribution in [0.25, 0.3) is 32.7 Å². The smallest absolute Gasteiger partial charge is 0.252 e. The van der Waals surface area contributed by atoms with E-state index >= 15 is 0 Å². The Balaban J connectivity index is 1.83. The third-order valence-electron chi connectivity index (χ3n) is 4.70. The fourth-order valence-corrected chi connectivity index (χ4v) is 3.43. The van der Waals surface area contributed by atoms with E-state index in [1.807, 2.05) is 39.0 Å². The van der Waals surface area contributed by atoms with Crippen molar-refractivity contribution in [3.8, 4) is 11.1 Å². The van der Waals surface area contributed by atoms with Crippen molar-refractivity contribution >= 4 is 27.5 Å². The predicted molar refractivity (Wildman–Crippen MR) is 114 cm³/mol. The molecule has 0 aliphatic carbocycles. The second-order valence-corrected chi connectivity index (χ2v) is 8.01. The average Bonchev–Trinajstić information content (AvgIpc) is 2.65. The topological polar surface area (TPSA) is 29.1 Å². The molecule has 0 aliphatic rings. The van der Waals surface area contributed by atoms with E-state index < -0.39 is 0 Å². The highest BCUT2D eigenvalue weighted by Gasteiger charge is 2.17. The molecule has 1 N–H and O–H groups in total. The van der Waals surface area contributed by atoms with Crippen molar-refractivity contribution in [1.29, 1.82) is 0 Å². The summed E-state index contributed by atoms with van der Waals surface area (Å²) < 4.78 is 0. The fourth-order valence-electron chi connectivity index (χ4n) is 3.43. The SMILES string of the molecule is CC(C)(C)NC(=O)c1cccc2ccc(-c3ccc4ccccc4c3)cc12. The molecule has 2 nitrogen and oxygen atoms in total. The minimum Gasteiger partial charge on any atom is -0.347 e. The Kier molecular flexibility index (Phi) is 4.19. The van der Waals surface area contributed by atoms with Gasteiger partial charge in [0.15, 0.2) is 0 Å². The second kappa shape index (κ2) is 6.55. The standard InChI is InChI=1S/C25H23NO/c1-25(2,3)26-24(27)22-10-6-9-18-12-14-21(16-23(18)22)20-13-11-17-7-4-5-8-19(17)15-20/h4-16H,1-3H3,(H,26,27). The highest BCUT2D eigenvalue weighted by molar-refractivity contribution is 6.08. The minimum atomic E-state index is -0.269. The maximum Gasteiger partial charge on any atom is 0.252 e. The lowest BCUT2D eigenvalue weighted by Crippen LogP contribution is -2.40. The van der Waals surface area contributed by atoms with E-state index in [1.54, 1.807) is 0 Å². The Hall–Kier alpha value is -3.13. The number of carbonyl (C=O) groups is 1. The molecule has 0 aliphatic heterocycles. The zero-order valence-electron chi connectivity index (χ0n) is 15.9. The Morgan fingerprint density at radius 3 is 2.07 bits per heavy atom. The van der Waals surface area contributed by atoms with Gasteiger partial charge in [0.2, 0.25) is 0 Å². The Bertz CT molecular complexity index is 1150. The second-order valence-electron chi connectivity index (χ2n) is 8.01. The lowest BCUT2D eigenvalue weighted by atomic mass is 9.96. The van der Waals surface area contributed by atoms with Crippen molar-refractivity contribution in [2.75, 3.05) is 0 Å². The molecule has 4 rings (SSSR count). The summed E-state index contributed by atoms with van der Waals surface area (Å²) in [6.45, 7) is 5.99. The third kappa shape index (κ3) is 3.56. The normalized spacial score (nSPS) is 11.7. The summed E-state index contributed by atoms with van der Waals surface area (Å²) in [6, 6.07) is 27.1. The van der Waals surface area contributed by atoms with Crippen molar-refractivity contribution in [3.05, 3.63) is 84.4 Å². The van der Waals surface area contributed by atoms with E-state index in [-0.39, 0.29) is 11.4 Å². The van der Waals surface area contributed by atoms with Crippen LogP contribution in [0.15, 0.2) is 78.9 Å². The van der Waals surface area contributed by atoms with Gasteiger partial charge >= 0.3 is 0 Å². The van der Waals surface area contributed by atoms with Gasteiger partial charge in [-0.05, 0) is 71.6 Å². The first-order chi connectivity index (χ1) is 12.9. The van der Waals surface area contributed by atoms with Gasteiger partial charge in [0, 0.05) is 11.1 Å². The van der Waals surface area contributed by atoms with Crippen LogP contribution in [-0.4, -0.2) is 11.4 Å². The van der Waals surface area contributed by atoms with Gasteiger partial charge in [0.25, 0.3) is 5.91 Å². The van der Waals surface area contributed by atoms with E-state index in [0.717, 1.165) is 21.9 Å². The summed E-state index contributed by atoms with van der Waals surface area (Å²) in [7, 11) is 0. The molecule has 4 aromatic carbocycles. The van der Waals surface area contributed by atoms with Gasteiger partial charge in [-0.1, -0.05) is 60.7 Å². The monoisotopic (exact) mass is 353 g/mol. The van der Waals surface area contributed by atoms with Crippen LogP contribution in [0.1, 0.15) is 31.1 Å². The summed E-state index contributed by atoms with van der Waals surface area (Å²) in [4.78, 5) is 12.8. The number of amides is 1. The maximum atomic E-state index is 12.8. The molecule has 134 valence electrons. The van der Waals surface area contributed by atoms with Crippen molar-refractivity contribution in [2.45, 2.75) is 26.3 Å². The molecule has 0 radical (unpaired) electrons. The summed E-state index contributed by atoms with van der Waals surface area (Å²) in [6.07, 6.45) is 0. The van der Waals surface area contributed by atoms with E-state index in [1.165, 1.54) is 10.8 Å². The summed E-state index contributed by atoms with van der Waals surface area (Å²) in [5.41, 5.74) is 2.71. The highest BCUT2D eigenvalue weighted by Crippen LogP contribution is 2.29. The fraction of sp³-hybridized carbons (Fsp3) is 0.160. The van der Waals surface area contributed by atoms with Crippen molar-refractivity contribution in [2.24, 2.45) is 0 Å². The largest absolute Gasteiger partial charge is 0.347 e. The Morgan fingerprint density at radius 2 is 1.33 bits per heavy atom. The summed E-state index contributed by atoms with van der Waals surface area (Å²) in [5, 5.41) is 7.56.